The van der Waals surface area contributed by atoms with E-state index in [1.807, 2.05) is 13.8 Å². The van der Waals surface area contributed by atoms with E-state index in [-0.39, 0.29) is 0 Å². The highest BCUT2D eigenvalue weighted by Crippen LogP contribution is 2.24. The molecule has 1 saturated heterocycles. The van der Waals surface area contributed by atoms with Crippen LogP contribution in [0.2, 0.25) is 0 Å². The van der Waals surface area contributed by atoms with E-state index in [1.165, 1.54) is 0 Å². The number of aliphatic hydroxyl groups is 4. The van der Waals surface area contributed by atoms with Crippen LogP contribution in [0, 0.1) is 0 Å². The summed E-state index contributed by atoms with van der Waals surface area (Å²) < 4.78 is 10.7. The fourth-order valence-electron chi connectivity index (χ4n) is 1.69. The predicted octanol–water partition coefficient (Wildman–Crippen LogP) is -0.493. The number of hydrogen-bond donors (Lipinski definition) is 4. The lowest BCUT2D eigenvalue weighted by Gasteiger charge is -2.39. The van der Waals surface area contributed by atoms with Crippen LogP contribution in [0.1, 0.15) is 27.2 Å². The highest BCUT2D eigenvalue weighted by molar-refractivity contribution is 5.03. The Kier molecular flexibility index (Phi) is 5.55. The Morgan fingerprint density at radius 1 is 1.11 bits per heavy atom. The summed E-state index contributed by atoms with van der Waals surface area (Å²) >= 11 is 0. The van der Waals surface area contributed by atoms with Gasteiger partial charge in [-0.1, -0.05) is 6.92 Å². The molecular formula is C12H22O6. The van der Waals surface area contributed by atoms with Crippen LogP contribution in [0.15, 0.2) is 11.3 Å². The van der Waals surface area contributed by atoms with E-state index < -0.39 is 37.3 Å². The normalized spacial score (nSPS) is 38.3. The van der Waals surface area contributed by atoms with Gasteiger partial charge in [0.15, 0.2) is 0 Å². The Bertz CT molecular complexity index is 301. The number of ether oxygens (including phenoxy) is 2. The van der Waals surface area contributed by atoms with Crippen molar-refractivity contribution in [2.75, 3.05) is 6.61 Å². The topological polar surface area (TPSA) is 99.4 Å². The molecule has 0 spiro atoms. The van der Waals surface area contributed by atoms with Crippen molar-refractivity contribution in [3.05, 3.63) is 11.3 Å². The summed E-state index contributed by atoms with van der Waals surface area (Å²) in [5.74, 6) is 0.599. The second-order valence-corrected chi connectivity index (χ2v) is 4.51. The number of aliphatic hydroxyl groups excluding tert-OH is 4. The fraction of sp³-hybridized carbons (Fsp3) is 0.833. The average Bonchev–Trinajstić information content (AvgIpc) is 2.38. The van der Waals surface area contributed by atoms with E-state index in [1.54, 1.807) is 6.92 Å². The van der Waals surface area contributed by atoms with Crippen molar-refractivity contribution in [2.24, 2.45) is 0 Å². The molecule has 0 saturated carbocycles. The Hall–Kier alpha value is -0.660. The molecule has 0 radical (unpaired) electrons. The van der Waals surface area contributed by atoms with Gasteiger partial charge in [-0.2, -0.15) is 0 Å². The average molecular weight is 262 g/mol. The molecule has 106 valence electrons. The molecule has 0 aromatic heterocycles. The van der Waals surface area contributed by atoms with Crippen LogP contribution in [-0.2, 0) is 9.47 Å². The molecule has 0 amide bonds. The minimum Gasteiger partial charge on any atom is -0.467 e. The summed E-state index contributed by atoms with van der Waals surface area (Å²) in [4.78, 5) is 0. The van der Waals surface area contributed by atoms with Crippen LogP contribution >= 0.6 is 0 Å². The van der Waals surface area contributed by atoms with Gasteiger partial charge in [0.2, 0.25) is 6.29 Å². The molecule has 18 heavy (non-hydrogen) atoms. The first-order chi connectivity index (χ1) is 8.42. The van der Waals surface area contributed by atoms with Gasteiger partial charge >= 0.3 is 0 Å². The Morgan fingerprint density at radius 2 is 1.72 bits per heavy atom. The number of hydrogen-bond acceptors (Lipinski definition) is 6. The first-order valence-corrected chi connectivity index (χ1v) is 6.05. The van der Waals surface area contributed by atoms with Crippen molar-refractivity contribution in [3.63, 3.8) is 0 Å². The summed E-state index contributed by atoms with van der Waals surface area (Å²) in [5, 5.41) is 38.0. The molecule has 1 fully saturated rings. The van der Waals surface area contributed by atoms with Crippen molar-refractivity contribution in [3.8, 4) is 0 Å². The molecule has 6 nitrogen and oxygen atoms in total. The van der Waals surface area contributed by atoms with Crippen molar-refractivity contribution in [2.45, 2.75) is 57.9 Å². The Balaban J connectivity index is 2.76. The van der Waals surface area contributed by atoms with Crippen molar-refractivity contribution < 1.29 is 29.9 Å². The van der Waals surface area contributed by atoms with E-state index in [9.17, 15) is 15.3 Å². The molecule has 0 aliphatic carbocycles. The van der Waals surface area contributed by atoms with Crippen LogP contribution in [-0.4, -0.2) is 57.7 Å². The number of rotatable bonds is 4. The van der Waals surface area contributed by atoms with Crippen LogP contribution < -0.4 is 0 Å². The zero-order chi connectivity index (χ0) is 13.9. The summed E-state index contributed by atoms with van der Waals surface area (Å²) in [6, 6.07) is 0. The van der Waals surface area contributed by atoms with Gasteiger partial charge in [-0.3, -0.25) is 0 Å². The highest BCUT2D eigenvalue weighted by Gasteiger charge is 2.44. The van der Waals surface area contributed by atoms with E-state index in [0.717, 1.165) is 12.0 Å². The SMILES string of the molecule is CC/C(C)=C(\C)OC1OC(CO)C(O)C(O)C1O. The Labute approximate surface area is 106 Å². The molecule has 1 rings (SSSR count). The van der Waals surface area contributed by atoms with E-state index in [4.69, 9.17) is 14.6 Å². The summed E-state index contributed by atoms with van der Waals surface area (Å²) in [6.07, 6.45) is -5.37. The molecule has 1 aliphatic heterocycles. The molecule has 1 aliphatic rings. The third-order valence-corrected chi connectivity index (χ3v) is 3.27. The van der Waals surface area contributed by atoms with E-state index >= 15 is 0 Å². The van der Waals surface area contributed by atoms with Gasteiger partial charge in [0, 0.05) is 0 Å². The van der Waals surface area contributed by atoms with Gasteiger partial charge in [-0.25, -0.2) is 0 Å². The van der Waals surface area contributed by atoms with Gasteiger partial charge in [-0.15, -0.1) is 0 Å². The first kappa shape index (κ1) is 15.4. The van der Waals surface area contributed by atoms with E-state index in [0.29, 0.717) is 5.76 Å². The summed E-state index contributed by atoms with van der Waals surface area (Å²) in [5.41, 5.74) is 0.993. The molecular weight excluding hydrogens is 240 g/mol. The van der Waals surface area contributed by atoms with Crippen LogP contribution in [0.3, 0.4) is 0 Å². The second kappa shape index (κ2) is 6.49. The lowest BCUT2D eigenvalue weighted by molar-refractivity contribution is -0.291. The highest BCUT2D eigenvalue weighted by atomic mass is 16.7. The second-order valence-electron chi connectivity index (χ2n) is 4.51. The van der Waals surface area contributed by atoms with E-state index in [2.05, 4.69) is 0 Å². The zero-order valence-corrected chi connectivity index (χ0v) is 10.9. The zero-order valence-electron chi connectivity index (χ0n) is 10.9. The van der Waals surface area contributed by atoms with Crippen LogP contribution in [0.25, 0.3) is 0 Å². The van der Waals surface area contributed by atoms with Gasteiger partial charge in [-0.05, 0) is 25.8 Å². The summed E-state index contributed by atoms with van der Waals surface area (Å²) in [6.45, 7) is 5.13. The van der Waals surface area contributed by atoms with Gasteiger partial charge in [0.05, 0.1) is 12.4 Å². The lowest BCUT2D eigenvalue weighted by Crippen LogP contribution is -2.59. The molecule has 0 aromatic rings. The summed E-state index contributed by atoms with van der Waals surface area (Å²) in [7, 11) is 0. The van der Waals surface area contributed by atoms with Gasteiger partial charge in [0.1, 0.15) is 24.4 Å². The monoisotopic (exact) mass is 262 g/mol. The van der Waals surface area contributed by atoms with Crippen LogP contribution in [0.5, 0.6) is 0 Å². The first-order valence-electron chi connectivity index (χ1n) is 6.05. The molecule has 0 bridgehead atoms. The van der Waals surface area contributed by atoms with Crippen molar-refractivity contribution >= 4 is 0 Å². The minimum atomic E-state index is -1.41. The number of allylic oxidation sites excluding steroid dienone is 2. The molecule has 0 aromatic carbocycles. The van der Waals surface area contributed by atoms with Crippen molar-refractivity contribution in [1.82, 2.24) is 0 Å². The third-order valence-electron chi connectivity index (χ3n) is 3.27. The molecule has 4 N–H and O–H groups in total. The third kappa shape index (κ3) is 3.21. The maximum absolute atomic E-state index is 9.76. The molecule has 5 atom stereocenters. The molecule has 6 heteroatoms. The lowest BCUT2D eigenvalue weighted by atomic mass is 9.99. The van der Waals surface area contributed by atoms with Gasteiger partial charge in [0.25, 0.3) is 0 Å². The minimum absolute atomic E-state index is 0.458. The molecule has 5 unspecified atom stereocenters. The quantitative estimate of drug-likeness (QED) is 0.510. The van der Waals surface area contributed by atoms with Crippen molar-refractivity contribution in [1.29, 1.82) is 0 Å². The smallest absolute Gasteiger partial charge is 0.228 e. The predicted molar refractivity (Wildman–Crippen MR) is 63.5 cm³/mol. The maximum atomic E-state index is 9.76. The standard InChI is InChI=1S/C12H22O6/c1-4-6(2)7(3)17-12-11(16)10(15)9(14)8(5-13)18-12/h8-16H,4-5H2,1-3H3/b7-6+. The van der Waals surface area contributed by atoms with Crippen LogP contribution in [0.4, 0.5) is 0 Å². The fourth-order valence-corrected chi connectivity index (χ4v) is 1.69. The largest absolute Gasteiger partial charge is 0.467 e. The maximum Gasteiger partial charge on any atom is 0.228 e. The molecule has 1 heterocycles. The Morgan fingerprint density at radius 3 is 2.22 bits per heavy atom. The van der Waals surface area contributed by atoms with Gasteiger partial charge < -0.3 is 29.9 Å².